The third-order valence-corrected chi connectivity index (χ3v) is 2.48. The van der Waals surface area contributed by atoms with E-state index >= 15 is 0 Å². The highest BCUT2D eigenvalue weighted by atomic mass is 16.3. The zero-order valence-corrected chi connectivity index (χ0v) is 9.88. The first-order valence-electron chi connectivity index (χ1n) is 5.36. The van der Waals surface area contributed by atoms with Gasteiger partial charge in [-0.15, -0.1) is 0 Å². The lowest BCUT2D eigenvalue weighted by Crippen LogP contribution is -2.09. The molecule has 0 fully saturated rings. The molecule has 0 aliphatic rings. The lowest BCUT2D eigenvalue weighted by atomic mass is 10.1. The van der Waals surface area contributed by atoms with Crippen molar-refractivity contribution < 1.29 is 9.21 Å². The molecule has 4 N–H and O–H groups in total. The van der Waals surface area contributed by atoms with Crippen molar-refractivity contribution in [1.29, 1.82) is 0 Å². The fourth-order valence-corrected chi connectivity index (χ4v) is 1.54. The first kappa shape index (κ1) is 11.9. The van der Waals surface area contributed by atoms with Gasteiger partial charge in [0.25, 0.3) is 5.91 Å². The molecular weight excluding hydrogens is 230 g/mol. The van der Waals surface area contributed by atoms with Crippen molar-refractivity contribution >= 4 is 23.0 Å². The number of carbonyl (C=O) groups is 1. The Bertz CT molecular complexity index is 597. The summed E-state index contributed by atoms with van der Waals surface area (Å²) < 4.78 is 4.98. The summed E-state index contributed by atoms with van der Waals surface area (Å²) in [6.45, 7) is 1.84. The van der Waals surface area contributed by atoms with Crippen LogP contribution < -0.4 is 11.5 Å². The van der Waals surface area contributed by atoms with Gasteiger partial charge in [-0.2, -0.15) is 0 Å². The first-order chi connectivity index (χ1) is 8.58. The van der Waals surface area contributed by atoms with Gasteiger partial charge < -0.3 is 15.9 Å². The molecule has 0 spiro atoms. The molecule has 5 nitrogen and oxygen atoms in total. The van der Waals surface area contributed by atoms with Crippen molar-refractivity contribution in [2.24, 2.45) is 10.7 Å². The Morgan fingerprint density at radius 1 is 1.22 bits per heavy atom. The minimum absolute atomic E-state index is 0.0600. The number of amides is 1. The minimum Gasteiger partial charge on any atom is -0.457 e. The standard InChI is InChI=1S/C13H13N3O2/c1-8(9-2-4-10(14)5-3-9)16-11-6-7-18-12(11)13(15)17/h2-7H,14H2,1H3,(H2,15,17). The number of hydrogen-bond acceptors (Lipinski definition) is 4. The third kappa shape index (κ3) is 2.40. The predicted molar refractivity (Wildman–Crippen MR) is 70.0 cm³/mol. The van der Waals surface area contributed by atoms with E-state index in [1.165, 1.54) is 6.26 Å². The molecule has 0 aliphatic heterocycles. The van der Waals surface area contributed by atoms with Crippen LogP contribution in [-0.4, -0.2) is 11.6 Å². The largest absolute Gasteiger partial charge is 0.457 e. The number of hydrogen-bond donors (Lipinski definition) is 2. The minimum atomic E-state index is -0.635. The molecule has 2 aromatic rings. The highest BCUT2D eigenvalue weighted by molar-refractivity contribution is 6.02. The number of rotatable bonds is 3. The van der Waals surface area contributed by atoms with E-state index in [2.05, 4.69) is 4.99 Å². The molecule has 0 saturated heterocycles. The van der Waals surface area contributed by atoms with E-state index in [0.717, 1.165) is 11.3 Å². The lowest BCUT2D eigenvalue weighted by molar-refractivity contribution is 0.0975. The molecular formula is C13H13N3O2. The van der Waals surface area contributed by atoms with Crippen molar-refractivity contribution in [2.45, 2.75) is 6.92 Å². The van der Waals surface area contributed by atoms with Crippen LogP contribution in [0.4, 0.5) is 11.4 Å². The van der Waals surface area contributed by atoms with Crippen LogP contribution in [0.3, 0.4) is 0 Å². The second-order valence-corrected chi connectivity index (χ2v) is 3.82. The van der Waals surface area contributed by atoms with Gasteiger partial charge >= 0.3 is 0 Å². The molecule has 1 heterocycles. The summed E-state index contributed by atoms with van der Waals surface area (Å²) in [6.07, 6.45) is 1.38. The van der Waals surface area contributed by atoms with Crippen LogP contribution in [0.25, 0.3) is 0 Å². The van der Waals surface area contributed by atoms with E-state index in [-0.39, 0.29) is 5.76 Å². The van der Waals surface area contributed by atoms with E-state index in [0.29, 0.717) is 11.4 Å². The molecule has 1 amide bonds. The third-order valence-electron chi connectivity index (χ3n) is 2.48. The van der Waals surface area contributed by atoms with Gasteiger partial charge in [0.05, 0.1) is 6.26 Å². The molecule has 0 atom stereocenters. The Morgan fingerprint density at radius 3 is 2.50 bits per heavy atom. The summed E-state index contributed by atoms with van der Waals surface area (Å²) in [6, 6.07) is 8.90. The molecule has 5 heteroatoms. The lowest BCUT2D eigenvalue weighted by Gasteiger charge is -2.01. The number of furan rings is 1. The van der Waals surface area contributed by atoms with Gasteiger partial charge in [-0.05, 0) is 24.6 Å². The van der Waals surface area contributed by atoms with Crippen LogP contribution in [0.2, 0.25) is 0 Å². The predicted octanol–water partition coefficient (Wildman–Crippen LogP) is 2.10. The molecule has 0 unspecified atom stereocenters. The Balaban J connectivity index is 2.35. The quantitative estimate of drug-likeness (QED) is 0.638. The summed E-state index contributed by atoms with van der Waals surface area (Å²) in [7, 11) is 0. The maximum Gasteiger partial charge on any atom is 0.286 e. The van der Waals surface area contributed by atoms with Crippen LogP contribution in [-0.2, 0) is 0 Å². The van der Waals surface area contributed by atoms with Crippen LogP contribution in [0.15, 0.2) is 46.0 Å². The molecule has 1 aromatic carbocycles. The van der Waals surface area contributed by atoms with E-state index in [1.54, 1.807) is 18.2 Å². The normalized spacial score (nSPS) is 11.5. The fraction of sp³-hybridized carbons (Fsp3) is 0.0769. The van der Waals surface area contributed by atoms with Crippen molar-refractivity contribution in [1.82, 2.24) is 0 Å². The maximum atomic E-state index is 11.1. The van der Waals surface area contributed by atoms with Gasteiger partial charge in [0.2, 0.25) is 5.76 Å². The van der Waals surface area contributed by atoms with Crippen LogP contribution in [0.1, 0.15) is 23.0 Å². The van der Waals surface area contributed by atoms with Crippen molar-refractivity contribution in [2.75, 3.05) is 5.73 Å². The van der Waals surface area contributed by atoms with Crippen LogP contribution >= 0.6 is 0 Å². The number of nitrogens with two attached hydrogens (primary N) is 2. The maximum absolute atomic E-state index is 11.1. The second-order valence-electron chi connectivity index (χ2n) is 3.82. The van der Waals surface area contributed by atoms with E-state index in [4.69, 9.17) is 15.9 Å². The molecule has 92 valence electrons. The topological polar surface area (TPSA) is 94.6 Å². The highest BCUT2D eigenvalue weighted by Gasteiger charge is 2.11. The van der Waals surface area contributed by atoms with Crippen molar-refractivity contribution in [3.63, 3.8) is 0 Å². The van der Waals surface area contributed by atoms with E-state index in [1.807, 2.05) is 19.1 Å². The second kappa shape index (κ2) is 4.75. The number of anilines is 1. The highest BCUT2D eigenvalue weighted by Crippen LogP contribution is 2.21. The molecule has 2 rings (SSSR count). The molecule has 0 aliphatic carbocycles. The Morgan fingerprint density at radius 2 is 1.89 bits per heavy atom. The first-order valence-corrected chi connectivity index (χ1v) is 5.36. The number of nitrogens with zero attached hydrogens (tertiary/aromatic N) is 1. The fourth-order valence-electron chi connectivity index (χ4n) is 1.54. The summed E-state index contributed by atoms with van der Waals surface area (Å²) in [4.78, 5) is 15.4. The Labute approximate surface area is 104 Å². The zero-order chi connectivity index (χ0) is 13.1. The number of benzene rings is 1. The Kier molecular flexibility index (Phi) is 3.14. The number of nitrogen functional groups attached to an aromatic ring is 1. The molecule has 0 radical (unpaired) electrons. The van der Waals surface area contributed by atoms with Gasteiger partial charge in [0.15, 0.2) is 0 Å². The van der Waals surface area contributed by atoms with Crippen LogP contribution in [0, 0.1) is 0 Å². The van der Waals surface area contributed by atoms with Gasteiger partial charge in [-0.25, -0.2) is 4.99 Å². The Hall–Kier alpha value is -2.56. The van der Waals surface area contributed by atoms with Gasteiger partial charge in [-0.1, -0.05) is 12.1 Å². The smallest absolute Gasteiger partial charge is 0.286 e. The van der Waals surface area contributed by atoms with E-state index < -0.39 is 5.91 Å². The zero-order valence-electron chi connectivity index (χ0n) is 9.88. The number of primary amides is 1. The SMILES string of the molecule is CC(=Nc1ccoc1C(N)=O)c1ccc(N)cc1. The number of aliphatic imine (C=N–C) groups is 1. The number of carbonyl (C=O) groups excluding carboxylic acids is 1. The molecule has 1 aromatic heterocycles. The average Bonchev–Trinajstić information content (AvgIpc) is 2.78. The monoisotopic (exact) mass is 243 g/mol. The summed E-state index contributed by atoms with van der Waals surface area (Å²) >= 11 is 0. The van der Waals surface area contributed by atoms with Crippen molar-refractivity contribution in [3.05, 3.63) is 47.9 Å². The van der Waals surface area contributed by atoms with Gasteiger partial charge in [0, 0.05) is 17.5 Å². The molecule has 0 saturated carbocycles. The van der Waals surface area contributed by atoms with E-state index in [9.17, 15) is 4.79 Å². The average molecular weight is 243 g/mol. The summed E-state index contributed by atoms with van der Waals surface area (Å²) in [5.41, 5.74) is 13.6. The summed E-state index contributed by atoms with van der Waals surface area (Å²) in [5, 5.41) is 0. The molecule has 0 bridgehead atoms. The van der Waals surface area contributed by atoms with Gasteiger partial charge in [-0.3, -0.25) is 4.79 Å². The molecule has 18 heavy (non-hydrogen) atoms. The van der Waals surface area contributed by atoms with Gasteiger partial charge in [0.1, 0.15) is 5.69 Å². The summed E-state index contributed by atoms with van der Waals surface area (Å²) in [5.74, 6) is -0.575. The van der Waals surface area contributed by atoms with Crippen molar-refractivity contribution in [3.8, 4) is 0 Å². The van der Waals surface area contributed by atoms with Crippen LogP contribution in [0.5, 0.6) is 0 Å².